The standard InChI is InChI=1S/C10H20N2O3/c11-9-3-1-2-8(9)10(14)12-4-6-15-7-5-13/h8-9,13H,1-7,11H2,(H,12,14). The zero-order valence-corrected chi connectivity index (χ0v) is 8.95. The molecular formula is C10H20N2O3. The van der Waals surface area contributed by atoms with Crippen molar-refractivity contribution >= 4 is 5.91 Å². The molecule has 5 heteroatoms. The molecule has 0 aromatic heterocycles. The van der Waals surface area contributed by atoms with Crippen molar-refractivity contribution in [3.8, 4) is 0 Å². The van der Waals surface area contributed by atoms with Crippen LogP contribution in [0.5, 0.6) is 0 Å². The average molecular weight is 216 g/mol. The molecule has 88 valence electrons. The Morgan fingerprint density at radius 2 is 2.27 bits per heavy atom. The highest BCUT2D eigenvalue weighted by Crippen LogP contribution is 2.23. The maximum Gasteiger partial charge on any atom is 0.224 e. The molecule has 0 aromatic rings. The summed E-state index contributed by atoms with van der Waals surface area (Å²) >= 11 is 0. The van der Waals surface area contributed by atoms with Crippen LogP contribution in [0, 0.1) is 5.92 Å². The molecule has 15 heavy (non-hydrogen) atoms. The van der Waals surface area contributed by atoms with Gasteiger partial charge in [0.2, 0.25) is 5.91 Å². The molecule has 0 bridgehead atoms. The summed E-state index contributed by atoms with van der Waals surface area (Å²) in [6, 6.07) is 0.0170. The Labute approximate surface area is 90.0 Å². The average Bonchev–Trinajstić information content (AvgIpc) is 2.64. The van der Waals surface area contributed by atoms with E-state index in [1.54, 1.807) is 0 Å². The topological polar surface area (TPSA) is 84.6 Å². The van der Waals surface area contributed by atoms with Crippen molar-refractivity contribution in [2.45, 2.75) is 25.3 Å². The van der Waals surface area contributed by atoms with Crippen molar-refractivity contribution < 1.29 is 14.6 Å². The number of amides is 1. The van der Waals surface area contributed by atoms with Gasteiger partial charge in [-0.3, -0.25) is 4.79 Å². The van der Waals surface area contributed by atoms with Gasteiger partial charge in [0.15, 0.2) is 0 Å². The fraction of sp³-hybridized carbons (Fsp3) is 0.900. The van der Waals surface area contributed by atoms with Crippen LogP contribution in [0.25, 0.3) is 0 Å². The van der Waals surface area contributed by atoms with Gasteiger partial charge in [-0.1, -0.05) is 6.42 Å². The van der Waals surface area contributed by atoms with Crippen molar-refractivity contribution in [1.29, 1.82) is 0 Å². The Kier molecular flexibility index (Phi) is 5.60. The first-order chi connectivity index (χ1) is 7.25. The Morgan fingerprint density at radius 1 is 1.47 bits per heavy atom. The van der Waals surface area contributed by atoms with E-state index >= 15 is 0 Å². The molecule has 0 saturated heterocycles. The van der Waals surface area contributed by atoms with Gasteiger partial charge in [0, 0.05) is 12.6 Å². The molecular weight excluding hydrogens is 196 g/mol. The molecule has 0 radical (unpaired) electrons. The van der Waals surface area contributed by atoms with E-state index < -0.39 is 0 Å². The molecule has 0 aliphatic heterocycles. The minimum absolute atomic E-state index is 0.0153. The second kappa shape index (κ2) is 6.76. The van der Waals surface area contributed by atoms with E-state index in [1.807, 2.05) is 0 Å². The minimum atomic E-state index is -0.0251. The van der Waals surface area contributed by atoms with Gasteiger partial charge in [-0.25, -0.2) is 0 Å². The monoisotopic (exact) mass is 216 g/mol. The van der Waals surface area contributed by atoms with Crippen molar-refractivity contribution in [3.63, 3.8) is 0 Å². The zero-order chi connectivity index (χ0) is 11.1. The summed E-state index contributed by atoms with van der Waals surface area (Å²) in [5.41, 5.74) is 5.81. The van der Waals surface area contributed by atoms with Gasteiger partial charge in [0.25, 0.3) is 0 Å². The first kappa shape index (κ1) is 12.4. The molecule has 0 aromatic carbocycles. The van der Waals surface area contributed by atoms with Crippen molar-refractivity contribution in [3.05, 3.63) is 0 Å². The number of hydrogen-bond donors (Lipinski definition) is 3. The third-order valence-electron chi connectivity index (χ3n) is 2.69. The maximum absolute atomic E-state index is 11.6. The van der Waals surface area contributed by atoms with Gasteiger partial charge >= 0.3 is 0 Å². The van der Waals surface area contributed by atoms with Crippen LogP contribution < -0.4 is 11.1 Å². The summed E-state index contributed by atoms with van der Waals surface area (Å²) in [6.45, 7) is 1.26. The molecule has 1 amide bonds. The summed E-state index contributed by atoms with van der Waals surface area (Å²) in [4.78, 5) is 11.6. The highest BCUT2D eigenvalue weighted by atomic mass is 16.5. The van der Waals surface area contributed by atoms with Gasteiger partial charge < -0.3 is 20.9 Å². The number of aliphatic hydroxyl groups is 1. The van der Waals surface area contributed by atoms with E-state index in [1.165, 1.54) is 0 Å². The van der Waals surface area contributed by atoms with E-state index in [-0.39, 0.29) is 24.5 Å². The number of hydrogen-bond acceptors (Lipinski definition) is 4. The van der Waals surface area contributed by atoms with Crippen LogP contribution in [0.4, 0.5) is 0 Å². The molecule has 1 aliphatic rings. The molecule has 1 rings (SSSR count). The van der Waals surface area contributed by atoms with Gasteiger partial charge in [0.1, 0.15) is 0 Å². The van der Waals surface area contributed by atoms with Crippen molar-refractivity contribution in [1.82, 2.24) is 5.32 Å². The van der Waals surface area contributed by atoms with E-state index in [0.717, 1.165) is 19.3 Å². The SMILES string of the molecule is NC1CCCC1C(=O)NCCOCCO. The maximum atomic E-state index is 11.6. The van der Waals surface area contributed by atoms with Gasteiger partial charge in [-0.05, 0) is 12.8 Å². The van der Waals surface area contributed by atoms with Gasteiger partial charge in [-0.2, -0.15) is 0 Å². The molecule has 1 fully saturated rings. The van der Waals surface area contributed by atoms with E-state index in [4.69, 9.17) is 15.6 Å². The van der Waals surface area contributed by atoms with E-state index in [0.29, 0.717) is 19.8 Å². The lowest BCUT2D eigenvalue weighted by molar-refractivity contribution is -0.125. The lowest BCUT2D eigenvalue weighted by Crippen LogP contribution is -2.39. The first-order valence-electron chi connectivity index (χ1n) is 5.47. The number of nitrogens with two attached hydrogens (primary N) is 1. The third kappa shape index (κ3) is 4.15. The van der Waals surface area contributed by atoms with Crippen LogP contribution in [0.1, 0.15) is 19.3 Å². The number of aliphatic hydroxyl groups excluding tert-OH is 1. The normalized spacial score (nSPS) is 25.5. The lowest BCUT2D eigenvalue weighted by atomic mass is 10.0. The Hall–Kier alpha value is -0.650. The molecule has 1 saturated carbocycles. The van der Waals surface area contributed by atoms with Crippen molar-refractivity contribution in [2.75, 3.05) is 26.4 Å². The highest BCUT2D eigenvalue weighted by molar-refractivity contribution is 5.79. The largest absolute Gasteiger partial charge is 0.394 e. The molecule has 0 spiro atoms. The number of rotatable bonds is 6. The number of carbonyl (C=O) groups excluding carboxylic acids is 1. The second-order valence-electron chi connectivity index (χ2n) is 3.83. The Morgan fingerprint density at radius 3 is 2.87 bits per heavy atom. The van der Waals surface area contributed by atoms with Crippen LogP contribution in [-0.4, -0.2) is 43.4 Å². The lowest BCUT2D eigenvalue weighted by Gasteiger charge is -2.14. The quantitative estimate of drug-likeness (QED) is 0.509. The van der Waals surface area contributed by atoms with Crippen LogP contribution in [0.2, 0.25) is 0 Å². The van der Waals surface area contributed by atoms with Crippen LogP contribution in [0.15, 0.2) is 0 Å². The smallest absolute Gasteiger partial charge is 0.224 e. The minimum Gasteiger partial charge on any atom is -0.394 e. The van der Waals surface area contributed by atoms with Crippen LogP contribution >= 0.6 is 0 Å². The first-order valence-corrected chi connectivity index (χ1v) is 5.47. The summed E-state index contributed by atoms with van der Waals surface area (Å²) in [5, 5.41) is 11.2. The molecule has 5 nitrogen and oxygen atoms in total. The molecule has 0 heterocycles. The van der Waals surface area contributed by atoms with E-state index in [9.17, 15) is 4.79 Å². The molecule has 2 atom stereocenters. The Balaban J connectivity index is 2.08. The van der Waals surface area contributed by atoms with E-state index in [2.05, 4.69) is 5.32 Å². The molecule has 2 unspecified atom stereocenters. The highest BCUT2D eigenvalue weighted by Gasteiger charge is 2.29. The van der Waals surface area contributed by atoms with Gasteiger partial charge in [-0.15, -0.1) is 0 Å². The fourth-order valence-electron chi connectivity index (χ4n) is 1.86. The Bertz CT molecular complexity index is 199. The molecule has 4 N–H and O–H groups in total. The molecule has 1 aliphatic carbocycles. The fourth-order valence-corrected chi connectivity index (χ4v) is 1.86. The summed E-state index contributed by atoms with van der Waals surface area (Å²) in [6.07, 6.45) is 2.88. The predicted molar refractivity (Wildman–Crippen MR) is 56.2 cm³/mol. The van der Waals surface area contributed by atoms with Crippen molar-refractivity contribution in [2.24, 2.45) is 11.7 Å². The summed E-state index contributed by atoms with van der Waals surface area (Å²) in [7, 11) is 0. The zero-order valence-electron chi connectivity index (χ0n) is 8.95. The predicted octanol–water partition coefficient (Wildman–Crippen LogP) is -0.761. The van der Waals surface area contributed by atoms with Crippen LogP contribution in [-0.2, 0) is 9.53 Å². The third-order valence-corrected chi connectivity index (χ3v) is 2.69. The number of carbonyl (C=O) groups is 1. The van der Waals surface area contributed by atoms with Gasteiger partial charge in [0.05, 0.1) is 25.7 Å². The summed E-state index contributed by atoms with van der Waals surface area (Å²) in [5.74, 6) is 0.00967. The summed E-state index contributed by atoms with van der Waals surface area (Å²) < 4.78 is 5.03. The second-order valence-corrected chi connectivity index (χ2v) is 3.83. The van der Waals surface area contributed by atoms with Crippen LogP contribution in [0.3, 0.4) is 0 Å². The number of nitrogens with one attached hydrogen (secondary N) is 1. The number of ether oxygens (including phenoxy) is 1.